The zero-order valence-corrected chi connectivity index (χ0v) is 10.5. The number of aryl methyl sites for hydroxylation is 1. The first-order valence-corrected chi connectivity index (χ1v) is 6.23. The van der Waals surface area contributed by atoms with Gasteiger partial charge in [0.2, 0.25) is 0 Å². The van der Waals surface area contributed by atoms with Crippen LogP contribution in [0.5, 0.6) is 0 Å². The van der Waals surface area contributed by atoms with Crippen LogP contribution in [0.2, 0.25) is 5.02 Å². The summed E-state index contributed by atoms with van der Waals surface area (Å²) in [5, 5.41) is 2.70. The number of imidazole rings is 1. The summed E-state index contributed by atoms with van der Waals surface area (Å²) in [5.41, 5.74) is 1.08. The van der Waals surface area contributed by atoms with E-state index in [1.54, 1.807) is 23.7 Å². The molecule has 0 saturated carbocycles. The molecule has 5 heteroatoms. The van der Waals surface area contributed by atoms with E-state index in [1.807, 2.05) is 12.3 Å². The number of alkyl halides is 1. The maximum Gasteiger partial charge on any atom is 0.107 e. The number of aromatic nitrogens is 2. The summed E-state index contributed by atoms with van der Waals surface area (Å²) in [6.07, 6.45) is 4.19. The Balaban J connectivity index is 2.14. The number of hydrogen-bond donors (Lipinski definition) is 1. The Kier molecular flexibility index (Phi) is 3.34. The molecule has 0 saturated heterocycles. The molecule has 0 spiro atoms. The van der Waals surface area contributed by atoms with Gasteiger partial charge in [0.25, 0.3) is 0 Å². The summed E-state index contributed by atoms with van der Waals surface area (Å²) in [5.74, 6) is 0.886. The van der Waals surface area contributed by atoms with Gasteiger partial charge in [-0.15, -0.1) is 22.9 Å². The maximum atomic E-state index is 6.28. The highest BCUT2D eigenvalue weighted by Gasteiger charge is 2.16. The fourth-order valence-electron chi connectivity index (χ4n) is 1.33. The molecule has 0 aliphatic carbocycles. The summed E-state index contributed by atoms with van der Waals surface area (Å²) in [7, 11) is 0. The van der Waals surface area contributed by atoms with Gasteiger partial charge in [0.1, 0.15) is 5.82 Å². The third kappa shape index (κ3) is 2.36. The molecule has 0 radical (unpaired) electrons. The van der Waals surface area contributed by atoms with Crippen LogP contribution in [0.3, 0.4) is 0 Å². The SMILES string of the molecule is Cc1csc(C(Cl)Cc2ncc[nH]2)c1Cl. The van der Waals surface area contributed by atoms with Crippen LogP contribution in [0.15, 0.2) is 17.8 Å². The summed E-state index contributed by atoms with van der Waals surface area (Å²) >= 11 is 14.0. The van der Waals surface area contributed by atoms with Gasteiger partial charge in [-0.05, 0) is 17.9 Å². The number of nitrogens with zero attached hydrogens (tertiary/aromatic N) is 1. The quantitative estimate of drug-likeness (QED) is 0.832. The second-order valence-electron chi connectivity index (χ2n) is 3.30. The van der Waals surface area contributed by atoms with Crippen molar-refractivity contribution in [2.24, 2.45) is 0 Å². The van der Waals surface area contributed by atoms with Gasteiger partial charge in [0.05, 0.1) is 10.4 Å². The Labute approximate surface area is 102 Å². The molecule has 0 fully saturated rings. The van der Waals surface area contributed by atoms with Crippen molar-refractivity contribution in [3.05, 3.63) is 39.1 Å². The van der Waals surface area contributed by atoms with E-state index in [2.05, 4.69) is 9.97 Å². The van der Waals surface area contributed by atoms with E-state index in [0.29, 0.717) is 6.42 Å². The average Bonchev–Trinajstić information content (AvgIpc) is 2.79. The number of rotatable bonds is 3. The van der Waals surface area contributed by atoms with Crippen LogP contribution in [0.4, 0.5) is 0 Å². The van der Waals surface area contributed by atoms with E-state index in [9.17, 15) is 0 Å². The zero-order valence-electron chi connectivity index (χ0n) is 8.13. The third-order valence-corrected chi connectivity index (χ3v) is 4.47. The number of halogens is 2. The Bertz CT molecular complexity index is 436. The monoisotopic (exact) mass is 260 g/mol. The second kappa shape index (κ2) is 4.56. The van der Waals surface area contributed by atoms with Crippen LogP contribution in [0, 0.1) is 6.92 Å². The molecule has 0 amide bonds. The lowest BCUT2D eigenvalue weighted by Crippen LogP contribution is -1.96. The standard InChI is InChI=1S/C10H10Cl2N2S/c1-6-5-15-10(9(6)12)7(11)4-8-13-2-3-14-8/h2-3,5,7H,4H2,1H3,(H,13,14). The number of hydrogen-bond acceptors (Lipinski definition) is 2. The van der Waals surface area contributed by atoms with Gasteiger partial charge in [-0.25, -0.2) is 4.98 Å². The summed E-state index contributed by atoms with van der Waals surface area (Å²) in [4.78, 5) is 8.19. The number of nitrogens with one attached hydrogen (secondary N) is 1. The lowest BCUT2D eigenvalue weighted by molar-refractivity contribution is 0.868. The normalized spacial score (nSPS) is 13.0. The van der Waals surface area contributed by atoms with E-state index in [0.717, 1.165) is 21.3 Å². The largest absolute Gasteiger partial charge is 0.349 e. The van der Waals surface area contributed by atoms with Gasteiger partial charge in [0, 0.05) is 23.7 Å². The van der Waals surface area contributed by atoms with Crippen LogP contribution in [0.1, 0.15) is 21.6 Å². The number of thiophene rings is 1. The van der Waals surface area contributed by atoms with E-state index in [-0.39, 0.29) is 5.38 Å². The molecule has 1 atom stereocenters. The van der Waals surface area contributed by atoms with Gasteiger partial charge in [-0.1, -0.05) is 11.6 Å². The van der Waals surface area contributed by atoms with Crippen LogP contribution >= 0.6 is 34.5 Å². The van der Waals surface area contributed by atoms with Crippen molar-refractivity contribution in [1.29, 1.82) is 0 Å². The molecule has 15 heavy (non-hydrogen) atoms. The van der Waals surface area contributed by atoms with Crippen molar-refractivity contribution in [3.63, 3.8) is 0 Å². The molecule has 2 aromatic heterocycles. The van der Waals surface area contributed by atoms with Crippen LogP contribution < -0.4 is 0 Å². The van der Waals surface area contributed by atoms with E-state index in [4.69, 9.17) is 23.2 Å². The summed E-state index contributed by atoms with van der Waals surface area (Å²) in [6, 6.07) is 0. The minimum Gasteiger partial charge on any atom is -0.349 e. The van der Waals surface area contributed by atoms with Gasteiger partial charge < -0.3 is 4.98 Å². The molecule has 2 heterocycles. The Morgan fingerprint density at radius 1 is 1.60 bits per heavy atom. The topological polar surface area (TPSA) is 28.7 Å². The van der Waals surface area contributed by atoms with Crippen LogP contribution in [0.25, 0.3) is 0 Å². The highest BCUT2D eigenvalue weighted by Crippen LogP contribution is 2.36. The van der Waals surface area contributed by atoms with Gasteiger partial charge in [0.15, 0.2) is 0 Å². The highest BCUT2D eigenvalue weighted by atomic mass is 35.5. The maximum absolute atomic E-state index is 6.28. The molecule has 2 aromatic rings. The highest BCUT2D eigenvalue weighted by molar-refractivity contribution is 7.11. The van der Waals surface area contributed by atoms with Crippen molar-refractivity contribution in [2.75, 3.05) is 0 Å². The molecule has 2 nitrogen and oxygen atoms in total. The second-order valence-corrected chi connectivity index (χ2v) is 5.12. The van der Waals surface area contributed by atoms with Crippen molar-refractivity contribution < 1.29 is 0 Å². The van der Waals surface area contributed by atoms with Crippen molar-refractivity contribution in [1.82, 2.24) is 9.97 Å². The first-order valence-electron chi connectivity index (χ1n) is 4.54. The average molecular weight is 261 g/mol. The lowest BCUT2D eigenvalue weighted by Gasteiger charge is -2.05. The van der Waals surface area contributed by atoms with Crippen LogP contribution in [-0.2, 0) is 6.42 Å². The number of H-pyrrole nitrogens is 1. The predicted octanol–water partition coefficient (Wildman–Crippen LogP) is 3.96. The Morgan fingerprint density at radius 3 is 2.93 bits per heavy atom. The fraction of sp³-hybridized carbons (Fsp3) is 0.300. The number of aromatic amines is 1. The smallest absolute Gasteiger partial charge is 0.107 e. The lowest BCUT2D eigenvalue weighted by atomic mass is 10.2. The van der Waals surface area contributed by atoms with E-state index in [1.165, 1.54) is 0 Å². The molecule has 0 bridgehead atoms. The first kappa shape index (κ1) is 11.0. The molecule has 0 aliphatic heterocycles. The van der Waals surface area contributed by atoms with Crippen molar-refractivity contribution in [2.45, 2.75) is 18.7 Å². The molecular formula is C10H10Cl2N2S. The minimum atomic E-state index is -0.109. The molecule has 1 N–H and O–H groups in total. The third-order valence-electron chi connectivity index (χ3n) is 2.14. The van der Waals surface area contributed by atoms with E-state index >= 15 is 0 Å². The molecule has 2 rings (SSSR count). The van der Waals surface area contributed by atoms with Crippen molar-refractivity contribution >= 4 is 34.5 Å². The van der Waals surface area contributed by atoms with Crippen molar-refractivity contribution in [3.8, 4) is 0 Å². The first-order chi connectivity index (χ1) is 7.18. The molecular weight excluding hydrogens is 251 g/mol. The van der Waals surface area contributed by atoms with Gasteiger partial charge >= 0.3 is 0 Å². The summed E-state index contributed by atoms with van der Waals surface area (Å²) in [6.45, 7) is 1.98. The summed E-state index contributed by atoms with van der Waals surface area (Å²) < 4.78 is 0. The molecule has 1 unspecified atom stereocenters. The minimum absolute atomic E-state index is 0.109. The zero-order chi connectivity index (χ0) is 10.8. The van der Waals surface area contributed by atoms with E-state index < -0.39 is 0 Å². The molecule has 0 aliphatic rings. The molecule has 0 aromatic carbocycles. The van der Waals surface area contributed by atoms with Crippen LogP contribution in [-0.4, -0.2) is 9.97 Å². The predicted molar refractivity (Wildman–Crippen MR) is 65.0 cm³/mol. The molecule has 80 valence electrons. The Morgan fingerprint density at radius 2 is 2.40 bits per heavy atom. The Hall–Kier alpha value is -0.510. The van der Waals surface area contributed by atoms with Gasteiger partial charge in [-0.2, -0.15) is 0 Å². The van der Waals surface area contributed by atoms with Gasteiger partial charge in [-0.3, -0.25) is 0 Å². The fourth-order valence-corrected chi connectivity index (χ4v) is 3.10.